The third-order valence-corrected chi connectivity index (χ3v) is 2.10. The van der Waals surface area contributed by atoms with E-state index in [1.54, 1.807) is 12.1 Å². The summed E-state index contributed by atoms with van der Waals surface area (Å²) in [6.45, 7) is 4.00. The summed E-state index contributed by atoms with van der Waals surface area (Å²) >= 11 is 4.04. The Morgan fingerprint density at radius 2 is 2.00 bits per heavy atom. The summed E-state index contributed by atoms with van der Waals surface area (Å²) < 4.78 is 13.4. The van der Waals surface area contributed by atoms with Crippen molar-refractivity contribution in [1.82, 2.24) is 0 Å². The second kappa shape index (κ2) is 6.46. The Balaban J connectivity index is 0.000000561. The molecule has 0 atom stereocenters. The second-order valence-electron chi connectivity index (χ2n) is 1.69. The Hall–Kier alpha value is -0.0600. The van der Waals surface area contributed by atoms with Crippen LogP contribution in [0.3, 0.4) is 0 Å². The Bertz CT molecular complexity index is 242. The number of rotatable bonds is 1. The first-order chi connectivity index (χ1) is 5.74. The highest BCUT2D eigenvalue weighted by atomic mass is 79.9. The van der Waals surface area contributed by atoms with Gasteiger partial charge in [0.25, 0.3) is 0 Å². The van der Waals surface area contributed by atoms with Gasteiger partial charge in [-0.25, -0.2) is 4.39 Å². The molecule has 1 aromatic rings. The Kier molecular flexibility index (Phi) is 6.42. The average molecular weight is 252 g/mol. The van der Waals surface area contributed by atoms with Crippen molar-refractivity contribution >= 4 is 27.9 Å². The molecule has 0 saturated heterocycles. The van der Waals surface area contributed by atoms with E-state index in [0.717, 1.165) is 16.4 Å². The van der Waals surface area contributed by atoms with Gasteiger partial charge in [0.1, 0.15) is 5.82 Å². The standard InChI is InChI=1S/C6H5BrFNS.C2H6/c7-4-1-2-6(10-9)5(8)3-4;1-2/h1-3H,9H2;1-2H3. The van der Waals surface area contributed by atoms with Crippen LogP contribution in [0.5, 0.6) is 0 Å². The van der Waals surface area contributed by atoms with Crippen LogP contribution in [0, 0.1) is 5.82 Å². The van der Waals surface area contributed by atoms with Gasteiger partial charge in [0.2, 0.25) is 0 Å². The van der Waals surface area contributed by atoms with Gasteiger partial charge in [-0.15, -0.1) is 0 Å². The topological polar surface area (TPSA) is 26.0 Å². The smallest absolute Gasteiger partial charge is 0.139 e. The van der Waals surface area contributed by atoms with Crippen molar-refractivity contribution in [2.45, 2.75) is 18.7 Å². The molecule has 0 radical (unpaired) electrons. The monoisotopic (exact) mass is 251 g/mol. The van der Waals surface area contributed by atoms with Crippen molar-refractivity contribution in [2.24, 2.45) is 5.14 Å². The fourth-order valence-electron chi connectivity index (χ4n) is 0.571. The van der Waals surface area contributed by atoms with E-state index in [1.807, 2.05) is 13.8 Å². The molecule has 0 aliphatic carbocycles. The van der Waals surface area contributed by atoms with Crippen LogP contribution in [0.1, 0.15) is 13.8 Å². The molecule has 1 rings (SSSR count). The summed E-state index contributed by atoms with van der Waals surface area (Å²) in [7, 11) is 0. The first-order valence-electron chi connectivity index (χ1n) is 3.56. The lowest BCUT2D eigenvalue weighted by Crippen LogP contribution is -1.84. The van der Waals surface area contributed by atoms with Gasteiger partial charge in [-0.2, -0.15) is 0 Å². The van der Waals surface area contributed by atoms with Crippen LogP contribution in [0.15, 0.2) is 27.6 Å². The second-order valence-corrected chi connectivity index (χ2v) is 3.28. The SMILES string of the molecule is CC.NSc1ccc(Br)cc1F. The minimum atomic E-state index is -0.290. The molecule has 0 spiro atoms. The Labute approximate surface area is 84.8 Å². The van der Waals surface area contributed by atoms with Gasteiger partial charge in [-0.1, -0.05) is 29.8 Å². The molecular formula is C8H11BrFNS. The predicted molar refractivity (Wildman–Crippen MR) is 55.5 cm³/mol. The van der Waals surface area contributed by atoms with Gasteiger partial charge in [0.15, 0.2) is 0 Å². The molecule has 0 heterocycles. The molecule has 2 N–H and O–H groups in total. The third-order valence-electron chi connectivity index (χ3n) is 1.02. The predicted octanol–water partition coefficient (Wildman–Crippen LogP) is 3.58. The van der Waals surface area contributed by atoms with E-state index < -0.39 is 0 Å². The minimum absolute atomic E-state index is 0.290. The van der Waals surface area contributed by atoms with Crippen LogP contribution in [0.4, 0.5) is 4.39 Å². The third kappa shape index (κ3) is 3.56. The van der Waals surface area contributed by atoms with Crippen LogP contribution >= 0.6 is 27.9 Å². The van der Waals surface area contributed by atoms with Crippen molar-refractivity contribution in [3.8, 4) is 0 Å². The molecule has 0 aliphatic rings. The van der Waals surface area contributed by atoms with E-state index in [2.05, 4.69) is 15.9 Å². The molecular weight excluding hydrogens is 241 g/mol. The van der Waals surface area contributed by atoms with Gasteiger partial charge < -0.3 is 0 Å². The molecule has 0 saturated carbocycles. The van der Waals surface area contributed by atoms with Crippen molar-refractivity contribution in [2.75, 3.05) is 0 Å². The first-order valence-corrected chi connectivity index (χ1v) is 5.23. The lowest BCUT2D eigenvalue weighted by molar-refractivity contribution is 0.601. The zero-order valence-corrected chi connectivity index (χ0v) is 9.38. The first kappa shape index (κ1) is 11.9. The van der Waals surface area contributed by atoms with E-state index in [4.69, 9.17) is 5.14 Å². The fourth-order valence-corrected chi connectivity index (χ4v) is 1.22. The van der Waals surface area contributed by atoms with Crippen molar-refractivity contribution < 1.29 is 4.39 Å². The Morgan fingerprint density at radius 3 is 2.42 bits per heavy atom. The molecule has 12 heavy (non-hydrogen) atoms. The summed E-state index contributed by atoms with van der Waals surface area (Å²) in [5.74, 6) is -0.290. The number of benzene rings is 1. The summed E-state index contributed by atoms with van der Waals surface area (Å²) in [6, 6.07) is 4.76. The van der Waals surface area contributed by atoms with Gasteiger partial charge in [-0.3, -0.25) is 5.14 Å². The molecule has 0 amide bonds. The maximum Gasteiger partial charge on any atom is 0.139 e. The number of hydrogen-bond donors (Lipinski definition) is 1. The van der Waals surface area contributed by atoms with Crippen LogP contribution in [0.25, 0.3) is 0 Å². The van der Waals surface area contributed by atoms with E-state index in [1.165, 1.54) is 6.07 Å². The van der Waals surface area contributed by atoms with Gasteiger partial charge in [0, 0.05) is 4.47 Å². The summed E-state index contributed by atoms with van der Waals surface area (Å²) in [5.41, 5.74) is 0. The molecule has 0 aromatic heterocycles. The molecule has 68 valence electrons. The zero-order valence-electron chi connectivity index (χ0n) is 6.97. The van der Waals surface area contributed by atoms with Gasteiger partial charge >= 0.3 is 0 Å². The summed E-state index contributed by atoms with van der Waals surface area (Å²) in [4.78, 5) is 0.461. The molecule has 0 bridgehead atoms. The quantitative estimate of drug-likeness (QED) is 0.773. The molecule has 0 unspecified atom stereocenters. The maximum atomic E-state index is 12.7. The van der Waals surface area contributed by atoms with Crippen molar-refractivity contribution in [3.63, 3.8) is 0 Å². The number of nitrogens with two attached hydrogens (primary N) is 1. The molecule has 1 nitrogen and oxygen atoms in total. The zero-order chi connectivity index (χ0) is 9.56. The van der Waals surface area contributed by atoms with Crippen molar-refractivity contribution in [1.29, 1.82) is 0 Å². The molecule has 4 heteroatoms. The molecule has 1 aromatic carbocycles. The maximum absolute atomic E-state index is 12.7. The van der Waals surface area contributed by atoms with Crippen molar-refractivity contribution in [3.05, 3.63) is 28.5 Å². The van der Waals surface area contributed by atoms with E-state index >= 15 is 0 Å². The largest absolute Gasteiger partial charge is 0.274 e. The van der Waals surface area contributed by atoms with E-state index in [9.17, 15) is 4.39 Å². The average Bonchev–Trinajstić information content (AvgIpc) is 2.08. The minimum Gasteiger partial charge on any atom is -0.274 e. The molecule has 0 fully saturated rings. The van der Waals surface area contributed by atoms with Gasteiger partial charge in [-0.05, 0) is 30.1 Å². The van der Waals surface area contributed by atoms with Crippen LogP contribution in [0.2, 0.25) is 0 Å². The molecule has 0 aliphatic heterocycles. The highest BCUT2D eigenvalue weighted by Crippen LogP contribution is 2.20. The van der Waals surface area contributed by atoms with Gasteiger partial charge in [0.05, 0.1) is 4.90 Å². The van der Waals surface area contributed by atoms with Crippen LogP contribution < -0.4 is 5.14 Å². The number of hydrogen-bond acceptors (Lipinski definition) is 2. The number of halogens is 2. The Morgan fingerprint density at radius 1 is 1.42 bits per heavy atom. The normalized spacial score (nSPS) is 8.75. The lowest BCUT2D eigenvalue weighted by atomic mass is 10.3. The van der Waals surface area contributed by atoms with E-state index in [0.29, 0.717) is 4.90 Å². The van der Waals surface area contributed by atoms with Crippen LogP contribution in [-0.4, -0.2) is 0 Å². The lowest BCUT2D eigenvalue weighted by Gasteiger charge is -1.96. The summed E-state index contributed by atoms with van der Waals surface area (Å²) in [5, 5.41) is 5.16. The summed E-state index contributed by atoms with van der Waals surface area (Å²) in [6.07, 6.45) is 0. The highest BCUT2D eigenvalue weighted by Gasteiger charge is 1.99. The highest BCUT2D eigenvalue weighted by molar-refractivity contribution is 9.10. The fraction of sp³-hybridized carbons (Fsp3) is 0.250. The van der Waals surface area contributed by atoms with Crippen LogP contribution in [-0.2, 0) is 0 Å². The van der Waals surface area contributed by atoms with E-state index in [-0.39, 0.29) is 5.82 Å².